The third kappa shape index (κ3) is 2.04. The zero-order chi connectivity index (χ0) is 11.7. The second kappa shape index (κ2) is 4.22. The predicted molar refractivity (Wildman–Crippen MR) is 65.5 cm³/mol. The van der Waals surface area contributed by atoms with Crippen LogP contribution in [0.15, 0.2) is 48.5 Å². The van der Waals surface area contributed by atoms with Crippen molar-refractivity contribution in [1.29, 1.82) is 0 Å². The van der Waals surface area contributed by atoms with Gasteiger partial charge in [0, 0.05) is 11.1 Å². The Balaban J connectivity index is 1.86. The molecule has 0 amide bonds. The topological polar surface area (TPSA) is 18.5 Å². The van der Waals surface area contributed by atoms with E-state index in [0.717, 1.165) is 22.4 Å². The Kier molecular flexibility index (Phi) is 2.57. The molecule has 3 rings (SSSR count). The van der Waals surface area contributed by atoms with E-state index in [-0.39, 0.29) is 6.29 Å². The molecular weight excluding hydrogens is 212 g/mol. The van der Waals surface area contributed by atoms with Gasteiger partial charge in [0.15, 0.2) is 0 Å². The molecule has 0 N–H and O–H groups in total. The van der Waals surface area contributed by atoms with Crippen molar-refractivity contribution in [2.24, 2.45) is 0 Å². The number of hydrogen-bond donors (Lipinski definition) is 0. The van der Waals surface area contributed by atoms with E-state index in [0.29, 0.717) is 6.61 Å². The first-order valence-electron chi connectivity index (χ1n) is 5.61. The van der Waals surface area contributed by atoms with Gasteiger partial charge >= 0.3 is 0 Å². The summed E-state index contributed by atoms with van der Waals surface area (Å²) < 4.78 is 11.5. The average Bonchev–Trinajstić information content (AvgIpc) is 2.39. The molecule has 1 radical (unpaired) electrons. The highest BCUT2D eigenvalue weighted by Crippen LogP contribution is 2.32. The van der Waals surface area contributed by atoms with Gasteiger partial charge in [-0.25, -0.2) is 0 Å². The van der Waals surface area contributed by atoms with E-state index in [1.165, 1.54) is 0 Å². The second-order valence-electron chi connectivity index (χ2n) is 4.11. The number of para-hydroxylation sites is 1. The number of fused-ring (bicyclic) bond motifs is 1. The van der Waals surface area contributed by atoms with E-state index in [1.807, 2.05) is 48.5 Å². The van der Waals surface area contributed by atoms with Crippen LogP contribution in [0.2, 0.25) is 0 Å². The van der Waals surface area contributed by atoms with Crippen LogP contribution < -0.4 is 4.74 Å². The molecule has 1 unspecified atom stereocenters. The second-order valence-corrected chi connectivity index (χ2v) is 4.11. The summed E-state index contributed by atoms with van der Waals surface area (Å²) in [5, 5.41) is 0. The zero-order valence-electron chi connectivity index (χ0n) is 9.43. The molecule has 1 aliphatic rings. The Morgan fingerprint density at radius 1 is 1.00 bits per heavy atom. The molecule has 0 saturated carbocycles. The summed E-state index contributed by atoms with van der Waals surface area (Å²) in [5.41, 5.74) is 3.11. The lowest BCUT2D eigenvalue weighted by Crippen LogP contribution is -2.17. The minimum atomic E-state index is -0.314. The summed E-state index contributed by atoms with van der Waals surface area (Å²) in [6.07, 6.45) is -0.314. The molecule has 2 aromatic rings. The van der Waals surface area contributed by atoms with Crippen molar-refractivity contribution in [3.05, 3.63) is 72.1 Å². The Bertz CT molecular complexity index is 517. The van der Waals surface area contributed by atoms with Gasteiger partial charge in [0.05, 0.1) is 6.61 Å². The van der Waals surface area contributed by atoms with Gasteiger partial charge in [-0.3, -0.25) is 0 Å². The summed E-state index contributed by atoms with van der Waals surface area (Å²) in [6.45, 7) is 4.45. The molecule has 2 nitrogen and oxygen atoms in total. The molecule has 1 aliphatic heterocycles. The lowest BCUT2D eigenvalue weighted by molar-refractivity contribution is -0.111. The normalized spacial score (nSPS) is 18.3. The van der Waals surface area contributed by atoms with Crippen LogP contribution in [0.3, 0.4) is 0 Å². The van der Waals surface area contributed by atoms with Gasteiger partial charge < -0.3 is 9.47 Å². The average molecular weight is 225 g/mol. The van der Waals surface area contributed by atoms with Crippen LogP contribution in [0.25, 0.3) is 0 Å². The van der Waals surface area contributed by atoms with E-state index in [1.54, 1.807) is 0 Å². The zero-order valence-corrected chi connectivity index (χ0v) is 9.43. The van der Waals surface area contributed by atoms with Gasteiger partial charge in [0.1, 0.15) is 5.75 Å². The van der Waals surface area contributed by atoms with Crippen LogP contribution in [0.1, 0.15) is 23.0 Å². The van der Waals surface area contributed by atoms with Gasteiger partial charge in [-0.1, -0.05) is 42.5 Å². The van der Waals surface area contributed by atoms with Gasteiger partial charge in [-0.05, 0) is 18.6 Å². The number of rotatable bonds is 1. The standard InChI is InChI=1S/C15H13O2/c1-11-6-8-12(9-7-11)15-16-10-13-4-2-3-5-14(13)17-15/h2-9,15H,1,10H2. The highest BCUT2D eigenvalue weighted by atomic mass is 16.7. The molecule has 0 aliphatic carbocycles. The van der Waals surface area contributed by atoms with Gasteiger partial charge in [-0.2, -0.15) is 0 Å². The summed E-state index contributed by atoms with van der Waals surface area (Å²) in [4.78, 5) is 0. The van der Waals surface area contributed by atoms with Gasteiger partial charge in [-0.15, -0.1) is 0 Å². The van der Waals surface area contributed by atoms with E-state index >= 15 is 0 Å². The smallest absolute Gasteiger partial charge is 0.227 e. The summed E-state index contributed by atoms with van der Waals surface area (Å²) in [5.74, 6) is 0.905. The van der Waals surface area contributed by atoms with E-state index in [2.05, 4.69) is 6.92 Å². The van der Waals surface area contributed by atoms with Crippen molar-refractivity contribution >= 4 is 0 Å². The van der Waals surface area contributed by atoms with Crippen LogP contribution in [0, 0.1) is 6.92 Å². The largest absolute Gasteiger partial charge is 0.460 e. The fourth-order valence-electron chi connectivity index (χ4n) is 1.89. The third-order valence-corrected chi connectivity index (χ3v) is 2.85. The Morgan fingerprint density at radius 3 is 2.59 bits per heavy atom. The van der Waals surface area contributed by atoms with Crippen LogP contribution >= 0.6 is 0 Å². The fourth-order valence-corrected chi connectivity index (χ4v) is 1.89. The van der Waals surface area contributed by atoms with Crippen LogP contribution in [0.5, 0.6) is 5.75 Å². The van der Waals surface area contributed by atoms with Crippen LogP contribution in [-0.4, -0.2) is 0 Å². The Hall–Kier alpha value is -1.80. The third-order valence-electron chi connectivity index (χ3n) is 2.85. The van der Waals surface area contributed by atoms with Crippen molar-refractivity contribution in [3.8, 4) is 5.75 Å². The molecule has 1 heterocycles. The fraction of sp³-hybridized carbons (Fsp3) is 0.133. The molecule has 0 bridgehead atoms. The molecule has 85 valence electrons. The highest BCUT2D eigenvalue weighted by molar-refractivity contribution is 5.35. The molecule has 0 fully saturated rings. The first-order valence-corrected chi connectivity index (χ1v) is 5.61. The maximum absolute atomic E-state index is 5.82. The van der Waals surface area contributed by atoms with Gasteiger partial charge in [0.2, 0.25) is 6.29 Å². The van der Waals surface area contributed by atoms with E-state index in [9.17, 15) is 0 Å². The van der Waals surface area contributed by atoms with Crippen molar-refractivity contribution in [2.75, 3.05) is 0 Å². The SMILES string of the molecule is [CH2]c1ccc(C2OCc3ccccc3O2)cc1. The summed E-state index contributed by atoms with van der Waals surface area (Å²) in [7, 11) is 0. The van der Waals surface area contributed by atoms with E-state index in [4.69, 9.17) is 9.47 Å². The summed E-state index contributed by atoms with van der Waals surface area (Å²) >= 11 is 0. The number of benzene rings is 2. The maximum atomic E-state index is 5.82. The van der Waals surface area contributed by atoms with E-state index < -0.39 is 0 Å². The van der Waals surface area contributed by atoms with Gasteiger partial charge in [0.25, 0.3) is 0 Å². The van der Waals surface area contributed by atoms with Crippen LogP contribution in [0.4, 0.5) is 0 Å². The molecule has 0 spiro atoms. The Morgan fingerprint density at radius 2 is 1.76 bits per heavy atom. The first kappa shape index (κ1) is 10.4. The molecule has 0 saturated heterocycles. The van der Waals surface area contributed by atoms with Crippen molar-refractivity contribution in [1.82, 2.24) is 0 Å². The van der Waals surface area contributed by atoms with Crippen molar-refractivity contribution in [3.63, 3.8) is 0 Å². The quantitative estimate of drug-likeness (QED) is 0.739. The highest BCUT2D eigenvalue weighted by Gasteiger charge is 2.20. The lowest BCUT2D eigenvalue weighted by Gasteiger charge is -2.26. The van der Waals surface area contributed by atoms with Crippen molar-refractivity contribution < 1.29 is 9.47 Å². The van der Waals surface area contributed by atoms with Crippen LogP contribution in [-0.2, 0) is 11.3 Å². The van der Waals surface area contributed by atoms with Crippen molar-refractivity contribution in [2.45, 2.75) is 12.9 Å². The Labute approximate surface area is 101 Å². The molecule has 2 heteroatoms. The summed E-state index contributed by atoms with van der Waals surface area (Å²) in [6, 6.07) is 15.8. The molecule has 17 heavy (non-hydrogen) atoms. The predicted octanol–water partition coefficient (Wildman–Crippen LogP) is 3.48. The minimum Gasteiger partial charge on any atom is -0.460 e. The number of hydrogen-bond acceptors (Lipinski definition) is 2. The number of ether oxygens (including phenoxy) is 2. The molecule has 0 aromatic heterocycles. The first-order chi connectivity index (χ1) is 8.33. The monoisotopic (exact) mass is 225 g/mol. The minimum absolute atomic E-state index is 0.314. The molecule has 1 atom stereocenters. The maximum Gasteiger partial charge on any atom is 0.227 e. The molecular formula is C15H13O2. The molecule has 2 aromatic carbocycles. The lowest BCUT2D eigenvalue weighted by atomic mass is 10.1.